The minimum atomic E-state index is -0.486. The third-order valence-corrected chi connectivity index (χ3v) is 3.90. The maximum atomic E-state index is 12.2. The van der Waals surface area contributed by atoms with Gasteiger partial charge in [0.15, 0.2) is 0 Å². The van der Waals surface area contributed by atoms with E-state index >= 15 is 0 Å². The van der Waals surface area contributed by atoms with Crippen LogP contribution in [0.5, 0.6) is 11.5 Å². The van der Waals surface area contributed by atoms with Crippen molar-refractivity contribution in [2.24, 2.45) is 0 Å². The number of nitro benzene ring substituents is 1. The minimum absolute atomic E-state index is 0.0309. The quantitative estimate of drug-likeness (QED) is 0.562. The average Bonchev–Trinajstić information content (AvgIpc) is 2.61. The van der Waals surface area contributed by atoms with Crippen molar-refractivity contribution in [2.45, 2.75) is 6.92 Å². The molecule has 0 aromatic heterocycles. The number of nitro groups is 1. The van der Waals surface area contributed by atoms with Gasteiger partial charge in [-0.3, -0.25) is 14.9 Å². The highest BCUT2D eigenvalue weighted by molar-refractivity contribution is 6.32. The summed E-state index contributed by atoms with van der Waals surface area (Å²) in [6.45, 7) is 1.64. The average molecular weight is 380 g/mol. The summed E-state index contributed by atoms with van der Waals surface area (Å²) in [5.74, 6) is 0.592. The number of aryl methyl sites for hydroxylation is 1. The van der Waals surface area contributed by atoms with Gasteiger partial charge in [-0.15, -0.1) is 0 Å². The number of amides is 1. The van der Waals surface area contributed by atoms with Crippen molar-refractivity contribution >= 4 is 34.6 Å². The van der Waals surface area contributed by atoms with E-state index in [2.05, 4.69) is 10.6 Å². The van der Waals surface area contributed by atoms with Crippen molar-refractivity contribution in [1.29, 1.82) is 0 Å². The Hall–Kier alpha value is -3.00. The highest BCUT2D eigenvalue weighted by Crippen LogP contribution is 2.35. The maximum Gasteiger partial charge on any atom is 0.269 e. The number of rotatable bonds is 7. The number of hydrogen-bond acceptors (Lipinski definition) is 6. The second-order valence-electron chi connectivity index (χ2n) is 5.35. The summed E-state index contributed by atoms with van der Waals surface area (Å²) in [6.07, 6.45) is 0. The van der Waals surface area contributed by atoms with Gasteiger partial charge in [-0.1, -0.05) is 11.6 Å². The van der Waals surface area contributed by atoms with Crippen LogP contribution in [-0.4, -0.2) is 31.6 Å². The van der Waals surface area contributed by atoms with Gasteiger partial charge in [0.25, 0.3) is 5.69 Å². The molecular weight excluding hydrogens is 362 g/mol. The standard InChI is InChI=1S/C17H18ClN3O5/c1-10-6-11(21(23)24)4-5-13(10)20-17(22)9-19-14-8-15(25-2)12(18)7-16(14)26-3/h4-8,19H,9H2,1-3H3,(H,20,22). The van der Waals surface area contributed by atoms with Crippen molar-refractivity contribution in [1.82, 2.24) is 0 Å². The lowest BCUT2D eigenvalue weighted by Crippen LogP contribution is -2.22. The van der Waals surface area contributed by atoms with Gasteiger partial charge < -0.3 is 20.1 Å². The molecule has 0 bridgehead atoms. The zero-order valence-electron chi connectivity index (χ0n) is 14.5. The molecule has 1 amide bonds. The Kier molecular flexibility index (Phi) is 6.24. The number of methoxy groups -OCH3 is 2. The molecule has 2 aromatic carbocycles. The summed E-state index contributed by atoms with van der Waals surface area (Å²) in [6, 6.07) is 7.45. The van der Waals surface area contributed by atoms with Gasteiger partial charge in [0.05, 0.1) is 36.4 Å². The number of benzene rings is 2. The topological polar surface area (TPSA) is 103 Å². The van der Waals surface area contributed by atoms with E-state index in [0.717, 1.165) is 0 Å². The van der Waals surface area contributed by atoms with E-state index in [0.29, 0.717) is 33.5 Å². The van der Waals surface area contributed by atoms with E-state index < -0.39 is 4.92 Å². The molecule has 2 N–H and O–H groups in total. The Morgan fingerprint density at radius 2 is 1.85 bits per heavy atom. The van der Waals surface area contributed by atoms with Gasteiger partial charge in [0, 0.05) is 30.0 Å². The van der Waals surface area contributed by atoms with E-state index in [1.807, 2.05) is 0 Å². The van der Waals surface area contributed by atoms with Crippen LogP contribution in [0.2, 0.25) is 5.02 Å². The molecule has 2 rings (SSSR count). The SMILES string of the molecule is COc1cc(NCC(=O)Nc2ccc([N+](=O)[O-])cc2C)c(OC)cc1Cl. The predicted octanol–water partition coefficient (Wildman–Crippen LogP) is 3.62. The van der Waals surface area contributed by atoms with Gasteiger partial charge in [-0.05, 0) is 18.6 Å². The molecule has 0 saturated heterocycles. The largest absolute Gasteiger partial charge is 0.495 e. The Morgan fingerprint density at radius 1 is 1.15 bits per heavy atom. The van der Waals surface area contributed by atoms with Gasteiger partial charge in [-0.2, -0.15) is 0 Å². The third kappa shape index (κ3) is 4.54. The number of carbonyl (C=O) groups excluding carboxylic acids is 1. The van der Waals surface area contributed by atoms with Crippen LogP contribution in [-0.2, 0) is 4.79 Å². The molecule has 0 radical (unpaired) electrons. The summed E-state index contributed by atoms with van der Waals surface area (Å²) < 4.78 is 10.4. The summed E-state index contributed by atoms with van der Waals surface area (Å²) in [5, 5.41) is 16.8. The van der Waals surface area contributed by atoms with E-state index in [9.17, 15) is 14.9 Å². The van der Waals surface area contributed by atoms with Gasteiger partial charge in [0.1, 0.15) is 11.5 Å². The molecule has 138 valence electrons. The lowest BCUT2D eigenvalue weighted by atomic mass is 10.2. The summed E-state index contributed by atoms with van der Waals surface area (Å²) in [7, 11) is 2.98. The van der Waals surface area contributed by atoms with Crippen molar-refractivity contribution in [3.8, 4) is 11.5 Å². The van der Waals surface area contributed by atoms with Crippen LogP contribution in [0.3, 0.4) is 0 Å². The number of nitrogens with one attached hydrogen (secondary N) is 2. The highest BCUT2D eigenvalue weighted by Gasteiger charge is 2.13. The monoisotopic (exact) mass is 379 g/mol. The van der Waals surface area contributed by atoms with Crippen molar-refractivity contribution < 1.29 is 19.2 Å². The van der Waals surface area contributed by atoms with Crippen LogP contribution in [0, 0.1) is 17.0 Å². The first-order valence-electron chi connectivity index (χ1n) is 7.56. The third-order valence-electron chi connectivity index (χ3n) is 3.61. The van der Waals surface area contributed by atoms with Gasteiger partial charge >= 0.3 is 0 Å². The van der Waals surface area contributed by atoms with E-state index in [1.54, 1.807) is 19.1 Å². The molecule has 2 aromatic rings. The number of hydrogen-bond donors (Lipinski definition) is 2. The molecular formula is C17H18ClN3O5. The summed E-state index contributed by atoms with van der Waals surface area (Å²) >= 11 is 6.04. The Balaban J connectivity index is 2.06. The van der Waals surface area contributed by atoms with Crippen LogP contribution in [0.4, 0.5) is 17.1 Å². The fraction of sp³-hybridized carbons (Fsp3) is 0.235. The molecule has 0 fully saturated rings. The molecule has 0 aliphatic heterocycles. The summed E-state index contributed by atoms with van der Waals surface area (Å²) in [5.41, 5.74) is 1.61. The van der Waals surface area contributed by atoms with Crippen molar-refractivity contribution in [2.75, 3.05) is 31.4 Å². The molecule has 0 aliphatic carbocycles. The molecule has 0 atom stereocenters. The van der Waals surface area contributed by atoms with E-state index in [1.165, 1.54) is 32.4 Å². The second-order valence-corrected chi connectivity index (χ2v) is 5.75. The summed E-state index contributed by atoms with van der Waals surface area (Å²) in [4.78, 5) is 22.4. The van der Waals surface area contributed by atoms with Crippen molar-refractivity contribution in [3.63, 3.8) is 0 Å². The molecule has 0 saturated carbocycles. The molecule has 26 heavy (non-hydrogen) atoms. The first kappa shape index (κ1) is 19.3. The first-order valence-corrected chi connectivity index (χ1v) is 7.93. The van der Waals surface area contributed by atoms with Crippen LogP contribution in [0.15, 0.2) is 30.3 Å². The molecule has 0 heterocycles. The Labute approximate surface area is 155 Å². The highest BCUT2D eigenvalue weighted by atomic mass is 35.5. The molecule has 0 spiro atoms. The Bertz CT molecular complexity index is 841. The number of non-ortho nitro benzene ring substituents is 1. The van der Waals surface area contributed by atoms with E-state index in [-0.39, 0.29) is 18.1 Å². The van der Waals surface area contributed by atoms with Gasteiger partial charge in [-0.25, -0.2) is 0 Å². The lowest BCUT2D eigenvalue weighted by Gasteiger charge is -2.14. The number of ether oxygens (including phenoxy) is 2. The number of anilines is 2. The Morgan fingerprint density at radius 3 is 2.42 bits per heavy atom. The smallest absolute Gasteiger partial charge is 0.269 e. The second kappa shape index (κ2) is 8.39. The lowest BCUT2D eigenvalue weighted by molar-refractivity contribution is -0.384. The molecule has 8 nitrogen and oxygen atoms in total. The maximum absolute atomic E-state index is 12.2. The number of carbonyl (C=O) groups is 1. The van der Waals surface area contributed by atoms with Crippen molar-refractivity contribution in [3.05, 3.63) is 51.0 Å². The zero-order valence-corrected chi connectivity index (χ0v) is 15.2. The molecule has 0 unspecified atom stereocenters. The fourth-order valence-corrected chi connectivity index (χ4v) is 2.50. The number of halogens is 1. The van der Waals surface area contributed by atoms with Crippen LogP contribution in [0.1, 0.15) is 5.56 Å². The van der Waals surface area contributed by atoms with Crippen LogP contribution < -0.4 is 20.1 Å². The minimum Gasteiger partial charge on any atom is -0.495 e. The van der Waals surface area contributed by atoms with Crippen LogP contribution in [0.25, 0.3) is 0 Å². The first-order chi connectivity index (χ1) is 12.3. The fourth-order valence-electron chi connectivity index (χ4n) is 2.27. The predicted molar refractivity (Wildman–Crippen MR) is 99.5 cm³/mol. The normalized spacial score (nSPS) is 10.2. The molecule has 0 aliphatic rings. The van der Waals surface area contributed by atoms with Gasteiger partial charge in [0.2, 0.25) is 5.91 Å². The zero-order chi connectivity index (χ0) is 19.3. The molecule has 9 heteroatoms. The van der Waals surface area contributed by atoms with E-state index in [4.69, 9.17) is 21.1 Å². The van der Waals surface area contributed by atoms with Crippen LogP contribution >= 0.6 is 11.6 Å². The number of nitrogens with zero attached hydrogens (tertiary/aromatic N) is 1.